The second kappa shape index (κ2) is 7.57. The molecule has 1 saturated carbocycles. The van der Waals surface area contributed by atoms with Gasteiger partial charge in [0.2, 0.25) is 5.91 Å². The van der Waals surface area contributed by atoms with Gasteiger partial charge in [-0.3, -0.25) is 4.79 Å². The monoisotopic (exact) mass is 336 g/mol. The largest absolute Gasteiger partial charge is 0.335 e. The lowest BCUT2D eigenvalue weighted by Crippen LogP contribution is -2.44. The molecular formula is C22H28N2O. The Morgan fingerprint density at radius 3 is 2.48 bits per heavy atom. The van der Waals surface area contributed by atoms with Crippen molar-refractivity contribution in [2.75, 3.05) is 13.1 Å². The maximum absolute atomic E-state index is 13.3. The van der Waals surface area contributed by atoms with Crippen LogP contribution in [0.5, 0.6) is 0 Å². The minimum absolute atomic E-state index is 0.205. The number of hydrogen-bond donors (Lipinski definition) is 1. The summed E-state index contributed by atoms with van der Waals surface area (Å²) in [6.45, 7) is 2.71. The van der Waals surface area contributed by atoms with E-state index in [0.717, 1.165) is 32.5 Å². The van der Waals surface area contributed by atoms with E-state index in [2.05, 4.69) is 52.7 Å². The van der Waals surface area contributed by atoms with Crippen LogP contribution in [0.25, 0.3) is 10.8 Å². The molecule has 1 heterocycles. The molecule has 0 atom stereocenters. The zero-order valence-electron chi connectivity index (χ0n) is 14.9. The van der Waals surface area contributed by atoms with Crippen molar-refractivity contribution in [1.82, 2.24) is 10.2 Å². The summed E-state index contributed by atoms with van der Waals surface area (Å²) >= 11 is 0. The third-order valence-corrected chi connectivity index (χ3v) is 5.96. The SMILES string of the molecule is O=C(C1CCNCC1)N(Cc1cccc2ccccc12)C1CCCC1. The van der Waals surface area contributed by atoms with Gasteiger partial charge in [0.1, 0.15) is 0 Å². The molecular weight excluding hydrogens is 308 g/mol. The van der Waals surface area contributed by atoms with Crippen LogP contribution in [-0.4, -0.2) is 29.9 Å². The van der Waals surface area contributed by atoms with E-state index >= 15 is 0 Å². The molecule has 0 spiro atoms. The maximum atomic E-state index is 13.3. The fourth-order valence-corrected chi connectivity index (χ4v) is 4.52. The molecule has 0 unspecified atom stereocenters. The highest BCUT2D eigenvalue weighted by molar-refractivity contribution is 5.86. The zero-order chi connectivity index (χ0) is 17.1. The Balaban J connectivity index is 1.62. The molecule has 4 rings (SSSR count). The molecule has 0 aromatic heterocycles. The normalized spacial score (nSPS) is 19.4. The third-order valence-electron chi connectivity index (χ3n) is 5.96. The first-order valence-corrected chi connectivity index (χ1v) is 9.81. The van der Waals surface area contributed by atoms with Gasteiger partial charge in [0, 0.05) is 18.5 Å². The van der Waals surface area contributed by atoms with E-state index in [4.69, 9.17) is 0 Å². The topological polar surface area (TPSA) is 32.3 Å². The highest BCUT2D eigenvalue weighted by atomic mass is 16.2. The van der Waals surface area contributed by atoms with Crippen LogP contribution in [0, 0.1) is 5.92 Å². The molecule has 1 amide bonds. The number of carbonyl (C=O) groups is 1. The van der Waals surface area contributed by atoms with Gasteiger partial charge in [-0.15, -0.1) is 0 Å². The second-order valence-corrected chi connectivity index (χ2v) is 7.57. The minimum Gasteiger partial charge on any atom is -0.335 e. The van der Waals surface area contributed by atoms with Crippen LogP contribution >= 0.6 is 0 Å². The number of benzene rings is 2. The summed E-state index contributed by atoms with van der Waals surface area (Å²) in [5, 5.41) is 5.93. The van der Waals surface area contributed by atoms with Gasteiger partial charge in [0.05, 0.1) is 0 Å². The van der Waals surface area contributed by atoms with Crippen LogP contribution in [0.4, 0.5) is 0 Å². The first-order valence-electron chi connectivity index (χ1n) is 9.81. The second-order valence-electron chi connectivity index (χ2n) is 7.57. The number of nitrogens with zero attached hydrogens (tertiary/aromatic N) is 1. The van der Waals surface area contributed by atoms with Gasteiger partial charge in [0.25, 0.3) is 0 Å². The molecule has 1 N–H and O–H groups in total. The standard InChI is InChI=1S/C22H28N2O/c25-22(18-12-14-23-15-13-18)24(20-9-2-3-10-20)16-19-8-5-7-17-6-1-4-11-21(17)19/h1,4-8,11,18,20,23H,2-3,9-10,12-16H2. The van der Waals surface area contributed by atoms with Crippen LogP contribution in [0.1, 0.15) is 44.1 Å². The van der Waals surface area contributed by atoms with E-state index in [-0.39, 0.29) is 5.92 Å². The van der Waals surface area contributed by atoms with Crippen molar-refractivity contribution in [3.05, 3.63) is 48.0 Å². The molecule has 2 aromatic carbocycles. The fourth-order valence-electron chi connectivity index (χ4n) is 4.52. The summed E-state index contributed by atoms with van der Waals surface area (Å²) < 4.78 is 0. The van der Waals surface area contributed by atoms with E-state index in [1.54, 1.807) is 0 Å². The Labute approximate surface area is 150 Å². The Morgan fingerprint density at radius 1 is 0.960 bits per heavy atom. The van der Waals surface area contributed by atoms with Gasteiger partial charge in [-0.1, -0.05) is 55.3 Å². The number of fused-ring (bicyclic) bond motifs is 1. The van der Waals surface area contributed by atoms with E-state index in [1.165, 1.54) is 42.0 Å². The summed E-state index contributed by atoms with van der Waals surface area (Å²) in [6, 6.07) is 15.4. The first-order chi connectivity index (χ1) is 12.3. The van der Waals surface area contributed by atoms with Crippen molar-refractivity contribution in [2.45, 2.75) is 51.1 Å². The lowest BCUT2D eigenvalue weighted by Gasteiger charge is -2.34. The number of carbonyl (C=O) groups excluding carboxylic acids is 1. The Bertz CT molecular complexity index is 724. The highest BCUT2D eigenvalue weighted by Gasteiger charge is 2.32. The van der Waals surface area contributed by atoms with Gasteiger partial charge in [-0.2, -0.15) is 0 Å². The molecule has 132 valence electrons. The van der Waals surface area contributed by atoms with Crippen molar-refractivity contribution >= 4 is 16.7 Å². The third kappa shape index (κ3) is 3.57. The van der Waals surface area contributed by atoms with Gasteiger partial charge >= 0.3 is 0 Å². The minimum atomic E-state index is 0.205. The predicted octanol–water partition coefficient (Wildman–Crippen LogP) is 4.11. The highest BCUT2D eigenvalue weighted by Crippen LogP contribution is 2.29. The van der Waals surface area contributed by atoms with Crippen molar-refractivity contribution < 1.29 is 4.79 Å². The molecule has 0 bridgehead atoms. The number of nitrogens with one attached hydrogen (secondary N) is 1. The van der Waals surface area contributed by atoms with Crippen LogP contribution in [0.2, 0.25) is 0 Å². The predicted molar refractivity (Wildman–Crippen MR) is 102 cm³/mol. The number of piperidine rings is 1. The van der Waals surface area contributed by atoms with E-state index < -0.39 is 0 Å². The molecule has 1 saturated heterocycles. The van der Waals surface area contributed by atoms with E-state index in [1.807, 2.05) is 0 Å². The summed E-state index contributed by atoms with van der Waals surface area (Å²) in [6.07, 6.45) is 6.82. The van der Waals surface area contributed by atoms with Crippen molar-refractivity contribution in [3.63, 3.8) is 0 Å². The molecule has 25 heavy (non-hydrogen) atoms. The molecule has 1 aliphatic heterocycles. The smallest absolute Gasteiger partial charge is 0.226 e. The Hall–Kier alpha value is -1.87. The van der Waals surface area contributed by atoms with Crippen molar-refractivity contribution in [3.8, 4) is 0 Å². The van der Waals surface area contributed by atoms with Crippen molar-refractivity contribution in [2.24, 2.45) is 5.92 Å². The molecule has 2 fully saturated rings. The van der Waals surface area contributed by atoms with Crippen LogP contribution in [-0.2, 0) is 11.3 Å². The molecule has 3 nitrogen and oxygen atoms in total. The lowest BCUT2D eigenvalue weighted by molar-refractivity contribution is -0.139. The number of amides is 1. The lowest BCUT2D eigenvalue weighted by atomic mass is 9.95. The average molecular weight is 336 g/mol. The van der Waals surface area contributed by atoms with Gasteiger partial charge in [-0.05, 0) is 55.1 Å². The van der Waals surface area contributed by atoms with Gasteiger partial charge < -0.3 is 10.2 Å². The molecule has 2 aromatic rings. The van der Waals surface area contributed by atoms with Crippen molar-refractivity contribution in [1.29, 1.82) is 0 Å². The molecule has 3 heteroatoms. The summed E-state index contributed by atoms with van der Waals surface area (Å²) in [7, 11) is 0. The molecule has 2 aliphatic rings. The Morgan fingerprint density at radius 2 is 1.68 bits per heavy atom. The van der Waals surface area contributed by atoms with Crippen LogP contribution in [0.15, 0.2) is 42.5 Å². The molecule has 1 aliphatic carbocycles. The molecule has 0 radical (unpaired) electrons. The van der Waals surface area contributed by atoms with Gasteiger partial charge in [0.15, 0.2) is 0 Å². The quantitative estimate of drug-likeness (QED) is 0.911. The van der Waals surface area contributed by atoms with Crippen LogP contribution in [0.3, 0.4) is 0 Å². The first kappa shape index (κ1) is 16.6. The van der Waals surface area contributed by atoms with Gasteiger partial charge in [-0.25, -0.2) is 0 Å². The summed E-state index contributed by atoms with van der Waals surface area (Å²) in [5.41, 5.74) is 1.28. The van der Waals surface area contributed by atoms with Crippen LogP contribution < -0.4 is 5.32 Å². The number of hydrogen-bond acceptors (Lipinski definition) is 2. The number of rotatable bonds is 4. The average Bonchev–Trinajstić information content (AvgIpc) is 3.21. The van der Waals surface area contributed by atoms with E-state index in [9.17, 15) is 4.79 Å². The fraction of sp³-hybridized carbons (Fsp3) is 0.500. The zero-order valence-corrected chi connectivity index (χ0v) is 14.9. The summed E-state index contributed by atoms with van der Waals surface area (Å²) in [4.78, 5) is 15.6. The maximum Gasteiger partial charge on any atom is 0.226 e. The summed E-state index contributed by atoms with van der Waals surface area (Å²) in [5.74, 6) is 0.596. The van der Waals surface area contributed by atoms with E-state index in [0.29, 0.717) is 11.9 Å². The Kier molecular flexibility index (Phi) is 5.02.